The van der Waals surface area contributed by atoms with Crippen molar-refractivity contribution >= 4 is 11.8 Å². The molecule has 2 rings (SSSR count). The average Bonchev–Trinajstić information content (AvgIpc) is 2.77. The Hall–Kier alpha value is -0.480. The van der Waals surface area contributed by atoms with Crippen molar-refractivity contribution in [2.24, 2.45) is 18.9 Å². The van der Waals surface area contributed by atoms with E-state index in [0.29, 0.717) is 11.3 Å². The van der Waals surface area contributed by atoms with Gasteiger partial charge in [0.25, 0.3) is 0 Å². The van der Waals surface area contributed by atoms with Crippen LogP contribution in [0.3, 0.4) is 0 Å². The van der Waals surface area contributed by atoms with Crippen LogP contribution in [0.15, 0.2) is 17.3 Å². The Morgan fingerprint density at radius 1 is 1.47 bits per heavy atom. The minimum absolute atomic E-state index is 0.658. The molecule has 1 aromatic rings. The maximum atomic E-state index is 4.28. The summed E-state index contributed by atoms with van der Waals surface area (Å²) in [6.07, 6.45) is 8.14. The fourth-order valence-corrected chi connectivity index (χ4v) is 4.44. The molecule has 0 aromatic carbocycles. The number of hydrogen-bond donors (Lipinski definition) is 1. The lowest BCUT2D eigenvalue weighted by atomic mass is 9.79. The summed E-state index contributed by atoms with van der Waals surface area (Å²) in [7, 11) is 1.99. The molecule has 1 fully saturated rings. The van der Waals surface area contributed by atoms with Gasteiger partial charge in [-0.15, -0.1) is 11.8 Å². The van der Waals surface area contributed by atoms with Crippen LogP contribution in [0.4, 0.5) is 0 Å². The highest BCUT2D eigenvalue weighted by atomic mass is 32.2. The van der Waals surface area contributed by atoms with Gasteiger partial charge < -0.3 is 5.32 Å². The van der Waals surface area contributed by atoms with Gasteiger partial charge in [0.15, 0.2) is 0 Å². The van der Waals surface area contributed by atoms with Crippen LogP contribution in [-0.2, 0) is 7.05 Å². The van der Waals surface area contributed by atoms with Gasteiger partial charge in [0.05, 0.1) is 6.20 Å². The zero-order valence-corrected chi connectivity index (χ0v) is 13.4. The van der Waals surface area contributed by atoms with E-state index in [-0.39, 0.29) is 0 Å². The summed E-state index contributed by atoms with van der Waals surface area (Å²) >= 11 is 2.01. The fourth-order valence-electron chi connectivity index (χ4n) is 3.03. The molecule has 1 heterocycles. The molecule has 4 heteroatoms. The number of nitrogens with zero attached hydrogens (tertiary/aromatic N) is 2. The van der Waals surface area contributed by atoms with E-state index in [1.165, 1.54) is 24.2 Å². The molecule has 1 aromatic heterocycles. The first kappa shape index (κ1) is 14.9. The molecule has 3 nitrogen and oxygen atoms in total. The second kappa shape index (κ2) is 6.80. The highest BCUT2D eigenvalue weighted by molar-refractivity contribution is 8.00. The second-order valence-corrected chi connectivity index (χ2v) is 7.30. The summed E-state index contributed by atoms with van der Waals surface area (Å²) in [5.74, 6) is 1.68. The molecule has 3 atom stereocenters. The van der Waals surface area contributed by atoms with Gasteiger partial charge in [0, 0.05) is 29.4 Å². The molecular formula is C15H27N3S. The Morgan fingerprint density at radius 3 is 2.84 bits per heavy atom. The van der Waals surface area contributed by atoms with Crippen LogP contribution in [0.25, 0.3) is 0 Å². The maximum absolute atomic E-state index is 4.28. The zero-order chi connectivity index (χ0) is 13.8. The predicted octanol–water partition coefficient (Wildman–Crippen LogP) is 3.32. The highest BCUT2D eigenvalue weighted by Crippen LogP contribution is 2.38. The van der Waals surface area contributed by atoms with Crippen LogP contribution >= 0.6 is 11.8 Å². The average molecular weight is 281 g/mol. The SMILES string of the molecule is CCNC1CCC(C(C)C)CC1Sc1cnn(C)c1. The number of thioether (sulfide) groups is 1. The van der Waals surface area contributed by atoms with Crippen molar-refractivity contribution in [2.45, 2.75) is 56.2 Å². The molecule has 0 bridgehead atoms. The van der Waals surface area contributed by atoms with Gasteiger partial charge in [-0.1, -0.05) is 20.8 Å². The van der Waals surface area contributed by atoms with Crippen molar-refractivity contribution in [1.29, 1.82) is 0 Å². The number of aryl methyl sites for hydroxylation is 1. The molecule has 3 unspecified atom stereocenters. The number of rotatable bonds is 5. The van der Waals surface area contributed by atoms with Crippen molar-refractivity contribution < 1.29 is 0 Å². The van der Waals surface area contributed by atoms with Crippen molar-refractivity contribution in [3.8, 4) is 0 Å². The normalized spacial score (nSPS) is 27.9. The topological polar surface area (TPSA) is 29.9 Å². The molecule has 0 radical (unpaired) electrons. The van der Waals surface area contributed by atoms with Gasteiger partial charge >= 0.3 is 0 Å². The van der Waals surface area contributed by atoms with Crippen LogP contribution in [0, 0.1) is 11.8 Å². The van der Waals surface area contributed by atoms with Gasteiger partial charge in [-0.3, -0.25) is 4.68 Å². The lowest BCUT2D eigenvalue weighted by molar-refractivity contribution is 0.247. The van der Waals surface area contributed by atoms with Gasteiger partial charge in [-0.25, -0.2) is 0 Å². The van der Waals surface area contributed by atoms with Gasteiger partial charge in [0.2, 0.25) is 0 Å². The molecule has 108 valence electrons. The van der Waals surface area contributed by atoms with Crippen molar-refractivity contribution in [3.63, 3.8) is 0 Å². The largest absolute Gasteiger partial charge is 0.313 e. The van der Waals surface area contributed by atoms with Gasteiger partial charge in [-0.05, 0) is 37.6 Å². The molecule has 0 aliphatic heterocycles. The van der Waals surface area contributed by atoms with Crippen LogP contribution < -0.4 is 5.32 Å². The quantitative estimate of drug-likeness (QED) is 0.898. The van der Waals surface area contributed by atoms with Crippen LogP contribution in [0.1, 0.15) is 40.0 Å². The molecule has 1 aliphatic rings. The third-order valence-electron chi connectivity index (χ3n) is 4.21. The first-order chi connectivity index (χ1) is 9.10. The lowest BCUT2D eigenvalue weighted by Crippen LogP contribution is -2.43. The van der Waals surface area contributed by atoms with E-state index in [0.717, 1.165) is 18.4 Å². The van der Waals surface area contributed by atoms with E-state index in [1.807, 2.05) is 29.7 Å². The number of hydrogen-bond acceptors (Lipinski definition) is 3. The Bertz CT molecular complexity index is 388. The molecule has 0 saturated heterocycles. The molecule has 1 N–H and O–H groups in total. The summed E-state index contributed by atoms with van der Waals surface area (Å²) in [4.78, 5) is 1.31. The predicted molar refractivity (Wildman–Crippen MR) is 82.5 cm³/mol. The maximum Gasteiger partial charge on any atom is 0.0625 e. The third kappa shape index (κ3) is 3.99. The van der Waals surface area contributed by atoms with Gasteiger partial charge in [-0.2, -0.15) is 5.10 Å². The Kier molecular flexibility index (Phi) is 5.34. The van der Waals surface area contributed by atoms with Gasteiger partial charge in [0.1, 0.15) is 0 Å². The van der Waals surface area contributed by atoms with E-state index in [2.05, 4.69) is 37.4 Å². The second-order valence-electron chi connectivity index (χ2n) is 5.99. The molecule has 1 saturated carbocycles. The first-order valence-corrected chi connectivity index (χ1v) is 8.36. The molecule has 0 spiro atoms. The van der Waals surface area contributed by atoms with E-state index in [9.17, 15) is 0 Å². The van der Waals surface area contributed by atoms with E-state index >= 15 is 0 Å². The summed E-state index contributed by atoms with van der Waals surface area (Å²) in [5, 5.41) is 8.64. The minimum Gasteiger partial charge on any atom is -0.313 e. The molecule has 0 amide bonds. The molecule has 1 aliphatic carbocycles. The van der Waals surface area contributed by atoms with Crippen molar-refractivity contribution in [3.05, 3.63) is 12.4 Å². The zero-order valence-electron chi connectivity index (χ0n) is 12.6. The Labute approximate surface area is 121 Å². The molecule has 19 heavy (non-hydrogen) atoms. The summed E-state index contributed by atoms with van der Waals surface area (Å²) < 4.78 is 1.90. The summed E-state index contributed by atoms with van der Waals surface area (Å²) in [6, 6.07) is 0.658. The number of nitrogens with one attached hydrogen (secondary N) is 1. The van der Waals surface area contributed by atoms with E-state index in [1.54, 1.807) is 0 Å². The summed E-state index contributed by atoms with van der Waals surface area (Å²) in [5.41, 5.74) is 0. The smallest absolute Gasteiger partial charge is 0.0625 e. The van der Waals surface area contributed by atoms with Crippen LogP contribution in [0.5, 0.6) is 0 Å². The Morgan fingerprint density at radius 2 is 2.26 bits per heavy atom. The monoisotopic (exact) mass is 281 g/mol. The van der Waals surface area contributed by atoms with Crippen molar-refractivity contribution in [2.75, 3.05) is 6.54 Å². The third-order valence-corrected chi connectivity index (χ3v) is 5.52. The number of aromatic nitrogens is 2. The standard InChI is InChI=1S/C15H27N3S/c1-5-16-14-7-6-12(11(2)3)8-15(14)19-13-9-17-18(4)10-13/h9-12,14-16H,5-8H2,1-4H3. The highest BCUT2D eigenvalue weighted by Gasteiger charge is 2.32. The Balaban J connectivity index is 2.02. The summed E-state index contributed by atoms with van der Waals surface area (Å²) in [6.45, 7) is 8.01. The molecular weight excluding hydrogens is 254 g/mol. The lowest BCUT2D eigenvalue weighted by Gasteiger charge is -2.37. The van der Waals surface area contributed by atoms with Crippen molar-refractivity contribution in [1.82, 2.24) is 15.1 Å². The first-order valence-electron chi connectivity index (χ1n) is 7.48. The minimum atomic E-state index is 0.658. The van der Waals surface area contributed by atoms with Crippen LogP contribution in [0.2, 0.25) is 0 Å². The van der Waals surface area contributed by atoms with Crippen LogP contribution in [-0.4, -0.2) is 27.6 Å². The van der Waals surface area contributed by atoms with E-state index in [4.69, 9.17) is 0 Å². The van der Waals surface area contributed by atoms with E-state index < -0.39 is 0 Å². The fraction of sp³-hybridized carbons (Fsp3) is 0.800.